The van der Waals surface area contributed by atoms with Crippen LogP contribution in [0.15, 0.2) is 83.8 Å². The van der Waals surface area contributed by atoms with Gasteiger partial charge in [0.1, 0.15) is 5.82 Å². The highest BCUT2D eigenvalue weighted by Gasteiger charge is 2.43. The van der Waals surface area contributed by atoms with Crippen molar-refractivity contribution >= 4 is 40.3 Å². The molecule has 6 heteroatoms. The van der Waals surface area contributed by atoms with Crippen LogP contribution in [0.3, 0.4) is 0 Å². The van der Waals surface area contributed by atoms with E-state index in [1.54, 1.807) is 11.8 Å². The predicted molar refractivity (Wildman–Crippen MR) is 160 cm³/mol. The van der Waals surface area contributed by atoms with Crippen LogP contribution in [0.2, 0.25) is 0 Å². The zero-order valence-corrected chi connectivity index (χ0v) is 23.3. The van der Waals surface area contributed by atoms with E-state index in [-0.39, 0.29) is 23.3 Å². The van der Waals surface area contributed by atoms with Gasteiger partial charge in [-0.25, -0.2) is 4.39 Å². The Kier molecular flexibility index (Phi) is 7.22. The monoisotopic (exact) mass is 539 g/mol. The van der Waals surface area contributed by atoms with Gasteiger partial charge in [-0.05, 0) is 67.7 Å². The fourth-order valence-corrected chi connectivity index (χ4v) is 7.31. The molecule has 1 saturated carbocycles. The van der Waals surface area contributed by atoms with Crippen molar-refractivity contribution in [1.29, 1.82) is 0 Å². The maximum atomic E-state index is 14.1. The average molecular weight is 540 g/mol. The number of hydrogen-bond acceptors (Lipinski definition) is 3. The summed E-state index contributed by atoms with van der Waals surface area (Å²) < 4.78 is 15.8. The van der Waals surface area contributed by atoms with Crippen LogP contribution < -0.4 is 5.32 Å². The second-order valence-corrected chi connectivity index (χ2v) is 11.9. The first-order valence-electron chi connectivity index (χ1n) is 13.8. The Labute approximate surface area is 233 Å². The number of carbonyl (C=O) groups excluding carboxylic acids is 1. The lowest BCUT2D eigenvalue weighted by Crippen LogP contribution is -2.48. The number of fused-ring (bicyclic) bond motifs is 1. The minimum Gasteiger partial charge on any atom is -0.356 e. The van der Waals surface area contributed by atoms with Gasteiger partial charge in [-0.1, -0.05) is 80.1 Å². The van der Waals surface area contributed by atoms with Crippen LogP contribution in [0.5, 0.6) is 0 Å². The molecular formula is C33H34FN3OS. The Morgan fingerprint density at radius 2 is 1.69 bits per heavy atom. The molecule has 4 aromatic rings. The zero-order valence-electron chi connectivity index (χ0n) is 22.4. The first-order chi connectivity index (χ1) is 19.0. The number of halogens is 1. The second kappa shape index (κ2) is 10.9. The fraction of sp³-hybridized carbons (Fsp3) is 0.303. The van der Waals surface area contributed by atoms with E-state index in [2.05, 4.69) is 59.0 Å². The number of rotatable bonds is 6. The van der Waals surface area contributed by atoms with Gasteiger partial charge in [-0.2, -0.15) is 0 Å². The molecule has 1 saturated heterocycles. The third-order valence-electron chi connectivity index (χ3n) is 8.23. The highest BCUT2D eigenvalue weighted by Crippen LogP contribution is 2.43. The summed E-state index contributed by atoms with van der Waals surface area (Å²) in [6, 6.07) is 25.4. The van der Waals surface area contributed by atoms with Gasteiger partial charge in [0.25, 0.3) is 5.91 Å². The van der Waals surface area contributed by atoms with E-state index in [0.29, 0.717) is 12.5 Å². The molecule has 4 nitrogen and oxygen atoms in total. The molecule has 2 aliphatic rings. The van der Waals surface area contributed by atoms with Crippen LogP contribution in [0.25, 0.3) is 17.0 Å². The van der Waals surface area contributed by atoms with Crippen LogP contribution in [0.1, 0.15) is 49.4 Å². The largest absolute Gasteiger partial charge is 0.356 e. The Morgan fingerprint density at radius 1 is 0.974 bits per heavy atom. The van der Waals surface area contributed by atoms with E-state index in [4.69, 9.17) is 0 Å². The van der Waals surface area contributed by atoms with Crippen LogP contribution in [0, 0.1) is 18.7 Å². The van der Waals surface area contributed by atoms with Gasteiger partial charge in [-0.3, -0.25) is 4.79 Å². The first kappa shape index (κ1) is 25.8. The van der Waals surface area contributed by atoms with Crippen LogP contribution in [-0.2, 0) is 11.3 Å². The lowest BCUT2D eigenvalue weighted by atomic mass is 9.85. The highest BCUT2D eigenvalue weighted by molar-refractivity contribution is 8.05. The molecule has 1 amide bonds. The van der Waals surface area contributed by atoms with E-state index in [0.717, 1.165) is 57.6 Å². The summed E-state index contributed by atoms with van der Waals surface area (Å²) in [5, 5.41) is 4.76. The summed E-state index contributed by atoms with van der Waals surface area (Å²) in [4.78, 5) is 17.0. The molecule has 1 aromatic heterocycles. The third kappa shape index (κ3) is 5.10. The van der Waals surface area contributed by atoms with Crippen molar-refractivity contribution in [2.75, 3.05) is 5.32 Å². The number of aromatic nitrogens is 1. The molecule has 6 rings (SSSR count). The standard InChI is InChI=1S/C33H34FN3OS/c1-22-10-6-8-14-29(22)37-32(38)31(39-33(37)35-26-11-4-3-5-12-26)20-28-23(2)36(30-15-9-7-13-27(28)30)21-24-16-18-25(34)19-17-24/h3-5,7,9,11-13,15-20,22,29,33,35H,6,8,10,14,21H2,1-2H3/b31-20-/t22-,29+,33?/m0/s1. The smallest absolute Gasteiger partial charge is 0.262 e. The maximum Gasteiger partial charge on any atom is 0.262 e. The van der Waals surface area contributed by atoms with Crippen LogP contribution in [0.4, 0.5) is 10.1 Å². The van der Waals surface area contributed by atoms with Gasteiger partial charge in [0, 0.05) is 40.4 Å². The molecule has 2 fully saturated rings. The molecule has 1 unspecified atom stereocenters. The highest BCUT2D eigenvalue weighted by atomic mass is 32.2. The molecule has 0 spiro atoms. The molecule has 1 N–H and O–H groups in total. The summed E-state index contributed by atoms with van der Waals surface area (Å²) in [6.07, 6.45) is 6.70. The summed E-state index contributed by atoms with van der Waals surface area (Å²) in [5.41, 5.74) is 5.18. The molecule has 3 aromatic carbocycles. The Hall–Kier alpha value is -3.51. The number of hydrogen-bond donors (Lipinski definition) is 1. The van der Waals surface area contributed by atoms with Gasteiger partial charge < -0.3 is 14.8 Å². The van der Waals surface area contributed by atoms with Crippen molar-refractivity contribution in [3.8, 4) is 0 Å². The number of thioether (sulfide) groups is 1. The lowest BCUT2D eigenvalue weighted by Gasteiger charge is -2.39. The molecule has 1 aliphatic heterocycles. The van der Waals surface area contributed by atoms with E-state index in [1.165, 1.54) is 18.6 Å². The Balaban J connectivity index is 1.39. The number of amides is 1. The first-order valence-corrected chi connectivity index (χ1v) is 14.7. The fourth-order valence-electron chi connectivity index (χ4n) is 6.11. The zero-order chi connectivity index (χ0) is 26.9. The number of carbonyl (C=O) groups is 1. The molecule has 39 heavy (non-hydrogen) atoms. The van der Waals surface area contributed by atoms with Gasteiger partial charge >= 0.3 is 0 Å². The van der Waals surface area contributed by atoms with E-state index < -0.39 is 0 Å². The normalized spacial score (nSPS) is 22.6. The number of nitrogens with zero attached hydrogens (tertiary/aromatic N) is 2. The molecular weight excluding hydrogens is 505 g/mol. The van der Waals surface area contributed by atoms with Crippen molar-refractivity contribution in [2.45, 2.75) is 57.6 Å². The van der Waals surface area contributed by atoms with Gasteiger partial charge in [-0.15, -0.1) is 0 Å². The topological polar surface area (TPSA) is 37.3 Å². The predicted octanol–water partition coefficient (Wildman–Crippen LogP) is 8.03. The van der Waals surface area contributed by atoms with Crippen molar-refractivity contribution in [2.24, 2.45) is 5.92 Å². The quantitative estimate of drug-likeness (QED) is 0.252. The van der Waals surface area contributed by atoms with E-state index >= 15 is 0 Å². The minimum atomic E-state index is -0.231. The summed E-state index contributed by atoms with van der Waals surface area (Å²) in [5.74, 6) is 0.356. The van der Waals surface area contributed by atoms with Crippen molar-refractivity contribution in [3.05, 3.63) is 106 Å². The molecule has 0 radical (unpaired) electrons. The third-order valence-corrected chi connectivity index (χ3v) is 9.35. The molecule has 200 valence electrons. The van der Waals surface area contributed by atoms with Gasteiger partial charge in [0.05, 0.1) is 4.91 Å². The average Bonchev–Trinajstić information content (AvgIpc) is 3.39. The molecule has 2 heterocycles. The number of benzene rings is 3. The summed E-state index contributed by atoms with van der Waals surface area (Å²) >= 11 is 1.62. The molecule has 3 atom stereocenters. The van der Waals surface area contributed by atoms with Gasteiger partial charge in [0.15, 0.2) is 5.50 Å². The SMILES string of the molecule is Cc1c(/C=C2\SC(Nc3ccccc3)N([C@@H]3CCCC[C@@H]3C)C2=O)c2ccccc2n1Cc1ccc(F)cc1. The van der Waals surface area contributed by atoms with E-state index in [9.17, 15) is 9.18 Å². The Morgan fingerprint density at radius 3 is 2.46 bits per heavy atom. The number of nitrogens with one attached hydrogen (secondary N) is 1. The minimum absolute atomic E-state index is 0.113. The number of anilines is 1. The summed E-state index contributed by atoms with van der Waals surface area (Å²) in [6.45, 7) is 5.04. The maximum absolute atomic E-state index is 14.1. The van der Waals surface area contributed by atoms with Crippen molar-refractivity contribution in [3.63, 3.8) is 0 Å². The van der Waals surface area contributed by atoms with Gasteiger partial charge in [0.2, 0.25) is 0 Å². The molecule has 1 aliphatic carbocycles. The molecule has 0 bridgehead atoms. The summed E-state index contributed by atoms with van der Waals surface area (Å²) in [7, 11) is 0. The lowest BCUT2D eigenvalue weighted by molar-refractivity contribution is -0.129. The van der Waals surface area contributed by atoms with Crippen molar-refractivity contribution in [1.82, 2.24) is 9.47 Å². The van der Waals surface area contributed by atoms with Crippen LogP contribution >= 0.6 is 11.8 Å². The number of para-hydroxylation sites is 2. The Bertz CT molecular complexity index is 1510. The van der Waals surface area contributed by atoms with E-state index in [1.807, 2.05) is 42.5 Å². The van der Waals surface area contributed by atoms with Crippen LogP contribution in [-0.4, -0.2) is 26.9 Å². The van der Waals surface area contributed by atoms with Crippen molar-refractivity contribution < 1.29 is 9.18 Å². The second-order valence-electron chi connectivity index (χ2n) is 10.8.